The smallest absolute Gasteiger partial charge is 0.304 e. The van der Waals surface area contributed by atoms with Crippen LogP contribution in [-0.4, -0.2) is 38.4 Å². The number of hydrogen-bond acceptors (Lipinski definition) is 7. The first-order valence-electron chi connectivity index (χ1n) is 6.89. The van der Waals surface area contributed by atoms with E-state index >= 15 is 0 Å². The molecule has 0 spiro atoms. The van der Waals surface area contributed by atoms with Gasteiger partial charge in [-0.2, -0.15) is 0 Å². The average molecular weight is 337 g/mol. The molecular formula is C14H15N3O5S. The summed E-state index contributed by atoms with van der Waals surface area (Å²) in [6, 6.07) is 5.36. The van der Waals surface area contributed by atoms with E-state index in [1.807, 2.05) is 7.05 Å². The highest BCUT2D eigenvalue weighted by Crippen LogP contribution is 2.35. The molecule has 0 saturated carbocycles. The second kappa shape index (κ2) is 6.78. The Morgan fingerprint density at radius 1 is 1.39 bits per heavy atom. The molecule has 2 heterocycles. The predicted octanol–water partition coefficient (Wildman–Crippen LogP) is 1.69. The summed E-state index contributed by atoms with van der Waals surface area (Å²) in [5.74, 6) is 2.28. The SMILES string of the molecule is Cn1c(COc2ccc3c(c2)OCO3)nnc1SCCC(=O)O. The zero-order valence-electron chi connectivity index (χ0n) is 12.4. The van der Waals surface area contributed by atoms with Crippen LogP contribution in [0.15, 0.2) is 23.4 Å². The van der Waals surface area contributed by atoms with Crippen molar-refractivity contribution in [1.82, 2.24) is 14.8 Å². The second-order valence-corrected chi connectivity index (χ2v) is 5.82. The molecule has 1 aliphatic rings. The number of fused-ring (bicyclic) bond motifs is 1. The van der Waals surface area contributed by atoms with Crippen LogP contribution in [0.3, 0.4) is 0 Å². The van der Waals surface area contributed by atoms with Gasteiger partial charge in [0.25, 0.3) is 0 Å². The Bertz CT molecular complexity index is 718. The molecule has 3 rings (SSSR count). The summed E-state index contributed by atoms with van der Waals surface area (Å²) in [4.78, 5) is 10.5. The van der Waals surface area contributed by atoms with Crippen LogP contribution >= 0.6 is 11.8 Å². The van der Waals surface area contributed by atoms with E-state index in [2.05, 4.69) is 10.2 Å². The first-order chi connectivity index (χ1) is 11.1. The third-order valence-electron chi connectivity index (χ3n) is 3.18. The van der Waals surface area contributed by atoms with Gasteiger partial charge in [-0.05, 0) is 12.1 Å². The number of benzene rings is 1. The van der Waals surface area contributed by atoms with Crippen molar-refractivity contribution in [3.05, 3.63) is 24.0 Å². The highest BCUT2D eigenvalue weighted by atomic mass is 32.2. The third kappa shape index (κ3) is 3.67. The van der Waals surface area contributed by atoms with Gasteiger partial charge >= 0.3 is 5.97 Å². The van der Waals surface area contributed by atoms with Gasteiger partial charge in [0.15, 0.2) is 22.5 Å². The molecule has 1 N–H and O–H groups in total. The van der Waals surface area contributed by atoms with E-state index < -0.39 is 5.97 Å². The maximum absolute atomic E-state index is 10.5. The maximum Gasteiger partial charge on any atom is 0.304 e. The molecule has 0 amide bonds. The monoisotopic (exact) mass is 337 g/mol. The van der Waals surface area contributed by atoms with Gasteiger partial charge < -0.3 is 23.9 Å². The lowest BCUT2D eigenvalue weighted by molar-refractivity contribution is -0.136. The highest BCUT2D eigenvalue weighted by Gasteiger charge is 2.15. The molecule has 1 aromatic heterocycles. The number of carboxylic acids is 1. The second-order valence-electron chi connectivity index (χ2n) is 4.75. The standard InChI is InChI=1S/C14H15N3O5S/c1-17-12(15-16-14(17)23-5-4-13(18)19)7-20-9-2-3-10-11(6-9)22-8-21-10/h2-3,6H,4-5,7-8H2,1H3,(H,18,19). The molecular weight excluding hydrogens is 322 g/mol. The van der Waals surface area contributed by atoms with E-state index in [-0.39, 0.29) is 19.8 Å². The molecule has 1 aromatic carbocycles. The summed E-state index contributed by atoms with van der Waals surface area (Å²) in [7, 11) is 1.82. The summed E-state index contributed by atoms with van der Waals surface area (Å²) < 4.78 is 18.0. The molecule has 0 radical (unpaired) electrons. The van der Waals surface area contributed by atoms with E-state index in [1.165, 1.54) is 11.8 Å². The summed E-state index contributed by atoms with van der Waals surface area (Å²) in [6.07, 6.45) is 0.0839. The van der Waals surface area contributed by atoms with Crippen molar-refractivity contribution in [2.45, 2.75) is 18.2 Å². The number of rotatable bonds is 7. The van der Waals surface area contributed by atoms with E-state index in [0.29, 0.717) is 34.0 Å². The Labute approximate surface area is 136 Å². The highest BCUT2D eigenvalue weighted by molar-refractivity contribution is 7.99. The summed E-state index contributed by atoms with van der Waals surface area (Å²) in [5.41, 5.74) is 0. The quantitative estimate of drug-likeness (QED) is 0.763. The first-order valence-corrected chi connectivity index (χ1v) is 7.87. The number of nitrogens with zero attached hydrogens (tertiary/aromatic N) is 3. The summed E-state index contributed by atoms with van der Waals surface area (Å²) >= 11 is 1.35. The van der Waals surface area contributed by atoms with Gasteiger partial charge in [0.2, 0.25) is 6.79 Å². The predicted molar refractivity (Wildman–Crippen MR) is 80.9 cm³/mol. The van der Waals surface area contributed by atoms with Crippen molar-refractivity contribution in [2.24, 2.45) is 7.05 Å². The van der Waals surface area contributed by atoms with Crippen LogP contribution in [-0.2, 0) is 18.4 Å². The summed E-state index contributed by atoms with van der Waals surface area (Å²) in [5, 5.41) is 17.4. The van der Waals surface area contributed by atoms with Crippen molar-refractivity contribution in [2.75, 3.05) is 12.5 Å². The molecule has 0 saturated heterocycles. The maximum atomic E-state index is 10.5. The average Bonchev–Trinajstić information content (AvgIpc) is 3.12. The van der Waals surface area contributed by atoms with Crippen molar-refractivity contribution >= 4 is 17.7 Å². The fourth-order valence-electron chi connectivity index (χ4n) is 1.94. The minimum atomic E-state index is -0.828. The van der Waals surface area contributed by atoms with Gasteiger partial charge in [0.05, 0.1) is 6.42 Å². The number of hydrogen-bond donors (Lipinski definition) is 1. The Morgan fingerprint density at radius 3 is 3.04 bits per heavy atom. The van der Waals surface area contributed by atoms with Crippen molar-refractivity contribution in [3.8, 4) is 17.2 Å². The van der Waals surface area contributed by atoms with Crippen molar-refractivity contribution in [3.63, 3.8) is 0 Å². The normalized spacial score (nSPS) is 12.4. The Morgan fingerprint density at radius 2 is 2.22 bits per heavy atom. The van der Waals surface area contributed by atoms with Crippen LogP contribution in [0.25, 0.3) is 0 Å². The number of thioether (sulfide) groups is 1. The zero-order chi connectivity index (χ0) is 16.2. The van der Waals surface area contributed by atoms with E-state index in [4.69, 9.17) is 19.3 Å². The van der Waals surface area contributed by atoms with E-state index in [0.717, 1.165) is 0 Å². The molecule has 2 aromatic rings. The fraction of sp³-hybridized carbons (Fsp3) is 0.357. The van der Waals surface area contributed by atoms with Gasteiger partial charge in [-0.15, -0.1) is 10.2 Å². The summed E-state index contributed by atoms with van der Waals surface area (Å²) in [6.45, 7) is 0.474. The van der Waals surface area contributed by atoms with Gasteiger partial charge in [-0.25, -0.2) is 0 Å². The van der Waals surface area contributed by atoms with Gasteiger partial charge in [0, 0.05) is 18.9 Å². The van der Waals surface area contributed by atoms with Crippen LogP contribution in [0.2, 0.25) is 0 Å². The lowest BCUT2D eigenvalue weighted by Crippen LogP contribution is -2.04. The number of aromatic nitrogens is 3. The molecule has 122 valence electrons. The minimum Gasteiger partial charge on any atom is -0.485 e. The minimum absolute atomic E-state index is 0.0839. The Hall–Kier alpha value is -2.42. The molecule has 0 atom stereocenters. The lowest BCUT2D eigenvalue weighted by Gasteiger charge is -2.07. The van der Waals surface area contributed by atoms with E-state index in [9.17, 15) is 4.79 Å². The van der Waals surface area contributed by atoms with Gasteiger partial charge in [-0.1, -0.05) is 11.8 Å². The number of carboxylic acid groups (broad SMARTS) is 1. The Kier molecular flexibility index (Phi) is 4.56. The van der Waals surface area contributed by atoms with E-state index in [1.54, 1.807) is 22.8 Å². The molecule has 0 aliphatic carbocycles. The lowest BCUT2D eigenvalue weighted by atomic mass is 10.3. The molecule has 9 heteroatoms. The molecule has 0 bridgehead atoms. The van der Waals surface area contributed by atoms with Gasteiger partial charge in [0.1, 0.15) is 12.4 Å². The number of carbonyl (C=O) groups is 1. The van der Waals surface area contributed by atoms with Crippen LogP contribution in [0.1, 0.15) is 12.2 Å². The Balaban J connectivity index is 1.58. The van der Waals surface area contributed by atoms with Crippen molar-refractivity contribution in [1.29, 1.82) is 0 Å². The fourth-order valence-corrected chi connectivity index (χ4v) is 2.80. The molecule has 23 heavy (non-hydrogen) atoms. The van der Waals surface area contributed by atoms with Crippen LogP contribution in [0.4, 0.5) is 0 Å². The molecule has 1 aliphatic heterocycles. The van der Waals surface area contributed by atoms with Gasteiger partial charge in [-0.3, -0.25) is 4.79 Å². The molecule has 0 fully saturated rings. The first kappa shape index (κ1) is 15.5. The molecule has 8 nitrogen and oxygen atoms in total. The third-order valence-corrected chi connectivity index (χ3v) is 4.21. The number of aliphatic carboxylic acids is 1. The van der Waals surface area contributed by atoms with Crippen LogP contribution < -0.4 is 14.2 Å². The topological polar surface area (TPSA) is 95.7 Å². The molecule has 0 unspecified atom stereocenters. The largest absolute Gasteiger partial charge is 0.485 e. The van der Waals surface area contributed by atoms with Crippen LogP contribution in [0.5, 0.6) is 17.2 Å². The number of ether oxygens (including phenoxy) is 3. The zero-order valence-corrected chi connectivity index (χ0v) is 13.2. The van der Waals surface area contributed by atoms with Crippen LogP contribution in [0, 0.1) is 0 Å². The van der Waals surface area contributed by atoms with Crippen molar-refractivity contribution < 1.29 is 24.1 Å².